The Morgan fingerprint density at radius 2 is 1.83 bits per heavy atom. The minimum atomic E-state index is -0.702. The quantitative estimate of drug-likeness (QED) is 0.739. The number of phenols is 1. The number of anilines is 2. The first-order chi connectivity index (χ1) is 11.5. The number of aromatic hydroxyl groups is 1. The molecule has 0 heterocycles. The fraction of sp³-hybridized carbons (Fsp3) is 0.0556. The number of hydrogen-bond acceptors (Lipinski definition) is 3. The lowest BCUT2D eigenvalue weighted by Gasteiger charge is -2.25. The van der Waals surface area contributed by atoms with Gasteiger partial charge in [0.05, 0.1) is 18.2 Å². The maximum atomic E-state index is 12.2. The van der Waals surface area contributed by atoms with Crippen molar-refractivity contribution >= 4 is 39.8 Å². The van der Waals surface area contributed by atoms with Crippen LogP contribution in [0.3, 0.4) is 0 Å². The molecule has 0 aliphatic rings. The predicted octanol–water partition coefficient (Wildman–Crippen LogP) is 4.42. The summed E-state index contributed by atoms with van der Waals surface area (Å²) in [6, 6.07) is 14.7. The van der Waals surface area contributed by atoms with Gasteiger partial charge in [-0.1, -0.05) is 29.8 Å². The zero-order chi connectivity index (χ0) is 17.3. The summed E-state index contributed by atoms with van der Waals surface area (Å²) in [4.78, 5) is 13.5. The second-order valence-electron chi connectivity index (χ2n) is 5.11. The van der Waals surface area contributed by atoms with Crippen molar-refractivity contribution in [2.24, 2.45) is 5.73 Å². The number of amides is 2. The van der Waals surface area contributed by atoms with Crippen molar-refractivity contribution < 1.29 is 14.6 Å². The third kappa shape index (κ3) is 2.59. The number of para-hydroxylation sites is 1. The van der Waals surface area contributed by atoms with E-state index >= 15 is 0 Å². The van der Waals surface area contributed by atoms with Gasteiger partial charge in [0.25, 0.3) is 0 Å². The van der Waals surface area contributed by atoms with E-state index in [1.54, 1.807) is 42.5 Å². The summed E-state index contributed by atoms with van der Waals surface area (Å²) < 4.78 is 5.40. The smallest absolute Gasteiger partial charge is 0.324 e. The Morgan fingerprint density at radius 3 is 2.46 bits per heavy atom. The highest BCUT2D eigenvalue weighted by Crippen LogP contribution is 2.45. The molecule has 122 valence electrons. The van der Waals surface area contributed by atoms with Gasteiger partial charge < -0.3 is 15.6 Å². The van der Waals surface area contributed by atoms with E-state index in [2.05, 4.69) is 0 Å². The van der Waals surface area contributed by atoms with Crippen molar-refractivity contribution in [1.29, 1.82) is 0 Å². The van der Waals surface area contributed by atoms with Gasteiger partial charge in [-0.15, -0.1) is 0 Å². The van der Waals surface area contributed by atoms with Crippen LogP contribution in [0.5, 0.6) is 11.5 Å². The van der Waals surface area contributed by atoms with Gasteiger partial charge in [0.15, 0.2) is 0 Å². The molecule has 0 saturated heterocycles. The molecule has 3 N–H and O–H groups in total. The second kappa shape index (κ2) is 6.29. The molecule has 2 amide bonds. The molecule has 3 rings (SSSR count). The summed E-state index contributed by atoms with van der Waals surface area (Å²) in [6.45, 7) is 0. The zero-order valence-electron chi connectivity index (χ0n) is 12.9. The summed E-state index contributed by atoms with van der Waals surface area (Å²) in [7, 11) is 1.48. The zero-order valence-corrected chi connectivity index (χ0v) is 13.6. The molecule has 3 aromatic carbocycles. The van der Waals surface area contributed by atoms with Crippen molar-refractivity contribution in [3.05, 3.63) is 59.6 Å². The number of nitrogens with zero attached hydrogens (tertiary/aromatic N) is 1. The fourth-order valence-electron chi connectivity index (χ4n) is 2.69. The van der Waals surface area contributed by atoms with Crippen LogP contribution in [0.4, 0.5) is 16.2 Å². The molecular formula is C18H15ClN2O3. The van der Waals surface area contributed by atoms with Crippen molar-refractivity contribution in [1.82, 2.24) is 0 Å². The van der Waals surface area contributed by atoms with E-state index in [0.29, 0.717) is 32.9 Å². The van der Waals surface area contributed by atoms with E-state index in [9.17, 15) is 9.90 Å². The number of fused-ring (bicyclic) bond motifs is 1. The third-order valence-electron chi connectivity index (χ3n) is 3.72. The molecule has 0 spiro atoms. The van der Waals surface area contributed by atoms with E-state index in [-0.39, 0.29) is 5.75 Å². The monoisotopic (exact) mass is 342 g/mol. The van der Waals surface area contributed by atoms with E-state index in [1.165, 1.54) is 18.1 Å². The van der Waals surface area contributed by atoms with Gasteiger partial charge >= 0.3 is 6.03 Å². The number of methoxy groups -OCH3 is 1. The standard InChI is InChI=1S/C18H15ClN2O3/c1-24-15-10-7-12-13(19)8-9-14(22)16(12)17(15)21(18(20)23)11-5-3-2-4-6-11/h2-10,22H,1H3,(H2,20,23). The highest BCUT2D eigenvalue weighted by molar-refractivity contribution is 6.36. The van der Waals surface area contributed by atoms with E-state index in [0.717, 1.165) is 0 Å². The minimum Gasteiger partial charge on any atom is -0.507 e. The molecule has 3 aromatic rings. The van der Waals surface area contributed by atoms with Gasteiger partial charge in [0, 0.05) is 10.4 Å². The molecule has 0 radical (unpaired) electrons. The molecule has 0 aliphatic carbocycles. The summed E-state index contributed by atoms with van der Waals surface area (Å²) in [6.07, 6.45) is 0. The molecule has 0 bridgehead atoms. The molecule has 0 atom stereocenters. The number of ether oxygens (including phenoxy) is 1. The lowest BCUT2D eigenvalue weighted by atomic mass is 10.0. The molecule has 0 fully saturated rings. The molecular weight excluding hydrogens is 328 g/mol. The number of benzene rings is 3. The fourth-order valence-corrected chi connectivity index (χ4v) is 2.91. The van der Waals surface area contributed by atoms with E-state index in [1.807, 2.05) is 6.07 Å². The molecule has 24 heavy (non-hydrogen) atoms. The van der Waals surface area contributed by atoms with Crippen LogP contribution in [-0.2, 0) is 0 Å². The van der Waals surface area contributed by atoms with Crippen LogP contribution < -0.4 is 15.4 Å². The number of nitrogens with two attached hydrogens (primary N) is 1. The van der Waals surface area contributed by atoms with Crippen molar-refractivity contribution in [3.63, 3.8) is 0 Å². The lowest BCUT2D eigenvalue weighted by Crippen LogP contribution is -2.31. The Kier molecular flexibility index (Phi) is 4.18. The molecule has 0 saturated carbocycles. The van der Waals surface area contributed by atoms with Crippen LogP contribution >= 0.6 is 11.6 Å². The maximum absolute atomic E-state index is 12.2. The summed E-state index contributed by atoms with van der Waals surface area (Å²) in [5.74, 6) is 0.369. The number of hydrogen-bond donors (Lipinski definition) is 2. The van der Waals surface area contributed by atoms with Crippen LogP contribution in [0.25, 0.3) is 10.8 Å². The van der Waals surface area contributed by atoms with Gasteiger partial charge in [0.1, 0.15) is 17.2 Å². The highest BCUT2D eigenvalue weighted by atomic mass is 35.5. The van der Waals surface area contributed by atoms with Crippen LogP contribution in [0.1, 0.15) is 0 Å². The molecule has 0 unspecified atom stereocenters. The highest BCUT2D eigenvalue weighted by Gasteiger charge is 2.24. The Bertz CT molecular complexity index is 913. The normalized spacial score (nSPS) is 10.6. The van der Waals surface area contributed by atoms with Crippen LogP contribution in [0.2, 0.25) is 5.02 Å². The SMILES string of the molecule is COc1ccc2c(Cl)ccc(O)c2c1N(C(N)=O)c1ccccc1. The number of urea groups is 1. The van der Waals surface area contributed by atoms with E-state index in [4.69, 9.17) is 22.1 Å². The molecule has 6 heteroatoms. The number of rotatable bonds is 3. The second-order valence-corrected chi connectivity index (χ2v) is 5.52. The topological polar surface area (TPSA) is 75.8 Å². The number of carbonyl (C=O) groups is 1. The largest absolute Gasteiger partial charge is 0.507 e. The first-order valence-corrected chi connectivity index (χ1v) is 7.55. The van der Waals surface area contributed by atoms with Gasteiger partial charge in [0.2, 0.25) is 0 Å². The average molecular weight is 343 g/mol. The lowest BCUT2D eigenvalue weighted by molar-refractivity contribution is 0.256. The maximum Gasteiger partial charge on any atom is 0.324 e. The van der Waals surface area contributed by atoms with Gasteiger partial charge in [-0.2, -0.15) is 0 Å². The van der Waals surface area contributed by atoms with Crippen molar-refractivity contribution in [2.45, 2.75) is 0 Å². The van der Waals surface area contributed by atoms with Gasteiger partial charge in [-0.05, 0) is 36.4 Å². The van der Waals surface area contributed by atoms with Crippen molar-refractivity contribution in [3.8, 4) is 11.5 Å². The first kappa shape index (κ1) is 16.0. The molecule has 5 nitrogen and oxygen atoms in total. The Hall–Kier alpha value is -2.92. The Balaban J connectivity index is 2.42. The Labute approximate surface area is 143 Å². The number of halogens is 1. The predicted molar refractivity (Wildman–Crippen MR) is 95.3 cm³/mol. The number of carbonyl (C=O) groups excluding carboxylic acids is 1. The first-order valence-electron chi connectivity index (χ1n) is 7.17. The molecule has 0 aromatic heterocycles. The Morgan fingerprint density at radius 1 is 1.12 bits per heavy atom. The van der Waals surface area contributed by atoms with Crippen LogP contribution in [-0.4, -0.2) is 18.2 Å². The summed E-state index contributed by atoms with van der Waals surface area (Å²) >= 11 is 6.24. The molecule has 0 aliphatic heterocycles. The number of primary amides is 1. The third-order valence-corrected chi connectivity index (χ3v) is 4.05. The summed E-state index contributed by atoms with van der Waals surface area (Å²) in [5, 5.41) is 11.8. The van der Waals surface area contributed by atoms with E-state index < -0.39 is 6.03 Å². The minimum absolute atomic E-state index is 0.0227. The van der Waals surface area contributed by atoms with Crippen molar-refractivity contribution in [2.75, 3.05) is 12.0 Å². The van der Waals surface area contributed by atoms with Crippen LogP contribution in [0.15, 0.2) is 54.6 Å². The average Bonchev–Trinajstić information content (AvgIpc) is 2.59. The summed E-state index contributed by atoms with van der Waals surface area (Å²) in [5.41, 5.74) is 6.51. The number of phenolic OH excluding ortho intramolecular Hbond substituents is 1. The van der Waals surface area contributed by atoms with Gasteiger partial charge in [-0.3, -0.25) is 4.90 Å². The van der Waals surface area contributed by atoms with Gasteiger partial charge in [-0.25, -0.2) is 4.79 Å². The van der Waals surface area contributed by atoms with Crippen LogP contribution in [0, 0.1) is 0 Å².